The molecule has 0 aromatic heterocycles. The third-order valence-electron chi connectivity index (χ3n) is 3.71. The standard InChI is InChI=1S/C14H24O/c1-5-6-9-14(3,4)12-8-7-11(2)10-13(12)15/h5-6,11-12H,7-10H2,1-4H3/b6-5+/t11-,12+/m1/s1. The molecule has 2 atom stereocenters. The van der Waals surface area contributed by atoms with Gasteiger partial charge < -0.3 is 0 Å². The SMILES string of the molecule is C/C=C/CC(C)(C)[C@H]1CC[C@@H](C)CC1=O. The average molecular weight is 208 g/mol. The van der Waals surface area contributed by atoms with Crippen LogP contribution in [0, 0.1) is 17.3 Å². The predicted octanol–water partition coefficient (Wildman–Crippen LogP) is 3.98. The topological polar surface area (TPSA) is 17.1 Å². The van der Waals surface area contributed by atoms with Gasteiger partial charge in [-0.05, 0) is 37.5 Å². The van der Waals surface area contributed by atoms with Gasteiger partial charge in [0.15, 0.2) is 0 Å². The number of hydrogen-bond acceptors (Lipinski definition) is 1. The van der Waals surface area contributed by atoms with Crippen molar-refractivity contribution in [3.63, 3.8) is 0 Å². The maximum atomic E-state index is 12.0. The van der Waals surface area contributed by atoms with Gasteiger partial charge in [-0.25, -0.2) is 0 Å². The second kappa shape index (κ2) is 4.96. The number of ketones is 1. The molecule has 0 aromatic rings. The quantitative estimate of drug-likeness (QED) is 0.641. The minimum Gasteiger partial charge on any atom is -0.299 e. The number of allylic oxidation sites excluding steroid dienone is 2. The zero-order valence-electron chi connectivity index (χ0n) is 10.5. The molecule has 15 heavy (non-hydrogen) atoms. The summed E-state index contributed by atoms with van der Waals surface area (Å²) in [6, 6.07) is 0. The fraction of sp³-hybridized carbons (Fsp3) is 0.786. The number of hydrogen-bond donors (Lipinski definition) is 0. The minimum atomic E-state index is 0.143. The van der Waals surface area contributed by atoms with Gasteiger partial charge in [-0.1, -0.05) is 32.9 Å². The van der Waals surface area contributed by atoms with Crippen LogP contribution in [0.25, 0.3) is 0 Å². The van der Waals surface area contributed by atoms with Gasteiger partial charge in [0.05, 0.1) is 0 Å². The highest BCUT2D eigenvalue weighted by Gasteiger charge is 2.36. The molecule has 1 fully saturated rings. The highest BCUT2D eigenvalue weighted by molar-refractivity contribution is 5.82. The summed E-state index contributed by atoms with van der Waals surface area (Å²) in [6.07, 6.45) is 8.39. The van der Waals surface area contributed by atoms with E-state index >= 15 is 0 Å². The van der Waals surface area contributed by atoms with Crippen molar-refractivity contribution in [3.05, 3.63) is 12.2 Å². The molecule has 0 spiro atoms. The second-order valence-corrected chi connectivity index (χ2v) is 5.67. The minimum absolute atomic E-state index is 0.143. The summed E-state index contributed by atoms with van der Waals surface area (Å²) in [5.41, 5.74) is 0.143. The van der Waals surface area contributed by atoms with Crippen LogP contribution in [0.1, 0.15) is 53.4 Å². The first-order valence-electron chi connectivity index (χ1n) is 6.11. The molecule has 0 radical (unpaired) electrons. The second-order valence-electron chi connectivity index (χ2n) is 5.67. The van der Waals surface area contributed by atoms with E-state index in [1.807, 2.05) is 6.92 Å². The van der Waals surface area contributed by atoms with E-state index in [-0.39, 0.29) is 11.3 Å². The Labute approximate surface area is 93.9 Å². The van der Waals surface area contributed by atoms with Crippen LogP contribution in [0.2, 0.25) is 0 Å². The lowest BCUT2D eigenvalue weighted by molar-refractivity contribution is -0.129. The molecule has 0 unspecified atom stereocenters. The first-order chi connectivity index (χ1) is 6.97. The van der Waals surface area contributed by atoms with E-state index < -0.39 is 0 Å². The highest BCUT2D eigenvalue weighted by atomic mass is 16.1. The van der Waals surface area contributed by atoms with Gasteiger partial charge in [0.1, 0.15) is 5.78 Å². The summed E-state index contributed by atoms with van der Waals surface area (Å²) in [4.78, 5) is 12.0. The van der Waals surface area contributed by atoms with Crippen molar-refractivity contribution < 1.29 is 4.79 Å². The van der Waals surface area contributed by atoms with Crippen molar-refractivity contribution in [1.82, 2.24) is 0 Å². The monoisotopic (exact) mass is 208 g/mol. The molecule has 0 saturated heterocycles. The van der Waals surface area contributed by atoms with E-state index in [0.717, 1.165) is 19.3 Å². The van der Waals surface area contributed by atoms with Crippen LogP contribution < -0.4 is 0 Å². The number of Topliss-reactive ketones (excluding diaryl/α,β-unsaturated/α-hetero) is 1. The van der Waals surface area contributed by atoms with Crippen molar-refractivity contribution in [1.29, 1.82) is 0 Å². The van der Waals surface area contributed by atoms with E-state index in [9.17, 15) is 4.79 Å². The molecule has 1 saturated carbocycles. The molecule has 1 heteroatoms. The lowest BCUT2D eigenvalue weighted by Crippen LogP contribution is -2.35. The fourth-order valence-corrected chi connectivity index (χ4v) is 2.59. The van der Waals surface area contributed by atoms with Crippen LogP contribution >= 0.6 is 0 Å². The molecule has 86 valence electrons. The molecule has 1 rings (SSSR count). The molecule has 0 aliphatic heterocycles. The zero-order chi connectivity index (χ0) is 11.5. The van der Waals surface area contributed by atoms with Gasteiger partial charge in [-0.3, -0.25) is 4.79 Å². The Bertz CT molecular complexity index is 250. The van der Waals surface area contributed by atoms with Gasteiger partial charge in [-0.15, -0.1) is 0 Å². The first kappa shape index (κ1) is 12.5. The molecule has 0 amide bonds. The maximum absolute atomic E-state index is 12.0. The molecule has 1 nitrogen and oxygen atoms in total. The summed E-state index contributed by atoms with van der Waals surface area (Å²) < 4.78 is 0. The molecular formula is C14H24O. The predicted molar refractivity (Wildman–Crippen MR) is 64.7 cm³/mol. The number of carbonyl (C=O) groups is 1. The fourth-order valence-electron chi connectivity index (χ4n) is 2.59. The molecule has 0 bridgehead atoms. The van der Waals surface area contributed by atoms with Gasteiger partial charge in [0.25, 0.3) is 0 Å². The summed E-state index contributed by atoms with van der Waals surface area (Å²) >= 11 is 0. The van der Waals surface area contributed by atoms with Crippen LogP contribution in [0.3, 0.4) is 0 Å². The van der Waals surface area contributed by atoms with Gasteiger partial charge >= 0.3 is 0 Å². The smallest absolute Gasteiger partial charge is 0.136 e. The Balaban J connectivity index is 2.65. The molecule has 0 N–H and O–H groups in total. The summed E-state index contributed by atoms with van der Waals surface area (Å²) in [7, 11) is 0. The Hall–Kier alpha value is -0.590. The van der Waals surface area contributed by atoms with Crippen LogP contribution in [0.15, 0.2) is 12.2 Å². The van der Waals surface area contributed by atoms with Crippen LogP contribution in [0.4, 0.5) is 0 Å². The summed E-state index contributed by atoms with van der Waals surface area (Å²) in [5.74, 6) is 1.37. The largest absolute Gasteiger partial charge is 0.299 e. The number of rotatable bonds is 3. The number of carbonyl (C=O) groups excluding carboxylic acids is 1. The highest BCUT2D eigenvalue weighted by Crippen LogP contribution is 2.40. The van der Waals surface area contributed by atoms with Gasteiger partial charge in [0, 0.05) is 12.3 Å². The summed E-state index contributed by atoms with van der Waals surface area (Å²) in [6.45, 7) is 8.69. The van der Waals surface area contributed by atoms with Gasteiger partial charge in [0.2, 0.25) is 0 Å². The van der Waals surface area contributed by atoms with E-state index in [1.54, 1.807) is 0 Å². The van der Waals surface area contributed by atoms with E-state index in [1.165, 1.54) is 6.42 Å². The van der Waals surface area contributed by atoms with Crippen LogP contribution in [-0.4, -0.2) is 5.78 Å². The molecular weight excluding hydrogens is 184 g/mol. The van der Waals surface area contributed by atoms with Crippen molar-refractivity contribution in [2.75, 3.05) is 0 Å². The Morgan fingerprint density at radius 1 is 1.40 bits per heavy atom. The average Bonchev–Trinajstić information content (AvgIpc) is 2.14. The lowest BCUT2D eigenvalue weighted by Gasteiger charge is -2.36. The lowest BCUT2D eigenvalue weighted by atomic mass is 9.67. The van der Waals surface area contributed by atoms with E-state index in [0.29, 0.717) is 11.7 Å². The van der Waals surface area contributed by atoms with E-state index in [4.69, 9.17) is 0 Å². The van der Waals surface area contributed by atoms with E-state index in [2.05, 4.69) is 32.9 Å². The van der Waals surface area contributed by atoms with Crippen molar-refractivity contribution >= 4 is 5.78 Å². The molecule has 1 aliphatic rings. The summed E-state index contributed by atoms with van der Waals surface area (Å²) in [5, 5.41) is 0. The van der Waals surface area contributed by atoms with Crippen molar-refractivity contribution in [2.45, 2.75) is 53.4 Å². The molecule has 0 aromatic carbocycles. The normalized spacial score (nSPS) is 28.7. The van der Waals surface area contributed by atoms with Crippen LogP contribution in [-0.2, 0) is 4.79 Å². The zero-order valence-corrected chi connectivity index (χ0v) is 10.5. The van der Waals surface area contributed by atoms with Crippen molar-refractivity contribution in [2.24, 2.45) is 17.3 Å². The van der Waals surface area contributed by atoms with Crippen molar-refractivity contribution in [3.8, 4) is 0 Å². The maximum Gasteiger partial charge on any atom is 0.136 e. The Kier molecular flexibility index (Phi) is 4.12. The third-order valence-corrected chi connectivity index (χ3v) is 3.71. The van der Waals surface area contributed by atoms with Crippen LogP contribution in [0.5, 0.6) is 0 Å². The molecule has 1 aliphatic carbocycles. The third kappa shape index (κ3) is 3.19. The Morgan fingerprint density at radius 3 is 2.60 bits per heavy atom. The Morgan fingerprint density at radius 2 is 2.07 bits per heavy atom. The van der Waals surface area contributed by atoms with Gasteiger partial charge in [-0.2, -0.15) is 0 Å². The molecule has 0 heterocycles. The first-order valence-corrected chi connectivity index (χ1v) is 6.11.